The maximum atomic E-state index is 11.6. The molecular weight excluding hydrogens is 226 g/mol. The van der Waals surface area contributed by atoms with E-state index in [-0.39, 0.29) is 5.91 Å². The number of nitrogen functional groups attached to an aromatic ring is 1. The quantitative estimate of drug-likeness (QED) is 0.874. The average Bonchev–Trinajstić information content (AvgIpc) is 2.75. The van der Waals surface area contributed by atoms with E-state index in [2.05, 4.69) is 4.98 Å². The molecule has 1 amide bonds. The molecule has 0 radical (unpaired) electrons. The molecule has 0 atom stereocenters. The third-order valence-electron chi connectivity index (χ3n) is 3.39. The van der Waals surface area contributed by atoms with Crippen molar-refractivity contribution in [1.82, 2.24) is 9.88 Å². The molecule has 0 spiro atoms. The lowest BCUT2D eigenvalue weighted by molar-refractivity contribution is -0.128. The number of benzene rings is 1. The largest absolute Gasteiger partial charge is 0.398 e. The van der Waals surface area contributed by atoms with Crippen LogP contribution >= 0.6 is 0 Å². The highest BCUT2D eigenvalue weighted by atomic mass is 16.2. The molecule has 18 heavy (non-hydrogen) atoms. The summed E-state index contributed by atoms with van der Waals surface area (Å²) in [5.74, 6) is 0.246. The molecule has 1 aliphatic rings. The standard InChI is InChI=1S/C14H15N3O/c15-12-5-6-16-13-8-10(3-4-11(12)13)9-17-7-1-2-14(17)18/h3-6,8H,1-2,7,9H2,(H2,15,16). The van der Waals surface area contributed by atoms with Gasteiger partial charge >= 0.3 is 0 Å². The molecule has 0 aliphatic carbocycles. The fraction of sp³-hybridized carbons (Fsp3) is 0.286. The van der Waals surface area contributed by atoms with Gasteiger partial charge in [-0.25, -0.2) is 0 Å². The number of hydrogen-bond donors (Lipinski definition) is 1. The molecule has 1 fully saturated rings. The topological polar surface area (TPSA) is 59.2 Å². The summed E-state index contributed by atoms with van der Waals surface area (Å²) in [5.41, 5.74) is 8.62. The van der Waals surface area contributed by atoms with Crippen LogP contribution in [0.3, 0.4) is 0 Å². The number of hydrogen-bond acceptors (Lipinski definition) is 3. The molecule has 2 N–H and O–H groups in total. The van der Waals surface area contributed by atoms with Crippen molar-refractivity contribution in [3.8, 4) is 0 Å². The van der Waals surface area contributed by atoms with Crippen LogP contribution in [0.25, 0.3) is 10.9 Å². The summed E-state index contributed by atoms with van der Waals surface area (Å²) in [4.78, 5) is 17.8. The lowest BCUT2D eigenvalue weighted by Crippen LogP contribution is -2.23. The Hall–Kier alpha value is -2.10. The van der Waals surface area contributed by atoms with E-state index < -0.39 is 0 Å². The Morgan fingerprint density at radius 2 is 2.22 bits per heavy atom. The third kappa shape index (κ3) is 1.90. The first-order chi connectivity index (χ1) is 8.74. The molecule has 0 unspecified atom stereocenters. The Bertz CT molecular complexity index is 609. The number of nitrogens with two attached hydrogens (primary N) is 1. The zero-order chi connectivity index (χ0) is 12.5. The summed E-state index contributed by atoms with van der Waals surface area (Å²) in [6, 6.07) is 7.81. The number of carbonyl (C=O) groups is 1. The first-order valence-corrected chi connectivity index (χ1v) is 6.15. The van der Waals surface area contributed by atoms with Crippen LogP contribution in [0, 0.1) is 0 Å². The van der Waals surface area contributed by atoms with Crippen molar-refractivity contribution in [2.24, 2.45) is 0 Å². The highest BCUT2D eigenvalue weighted by Gasteiger charge is 2.19. The molecule has 1 aliphatic heterocycles. The molecule has 3 rings (SSSR count). The average molecular weight is 241 g/mol. The van der Waals surface area contributed by atoms with Crippen LogP contribution < -0.4 is 5.73 Å². The number of anilines is 1. The number of fused-ring (bicyclic) bond motifs is 1. The Morgan fingerprint density at radius 1 is 1.33 bits per heavy atom. The Labute approximate surface area is 105 Å². The minimum atomic E-state index is 0.246. The van der Waals surface area contributed by atoms with Gasteiger partial charge in [0.1, 0.15) is 0 Å². The van der Waals surface area contributed by atoms with Gasteiger partial charge in [-0.2, -0.15) is 0 Å². The third-order valence-corrected chi connectivity index (χ3v) is 3.39. The molecule has 0 saturated carbocycles. The van der Waals surface area contributed by atoms with Crippen molar-refractivity contribution in [1.29, 1.82) is 0 Å². The number of nitrogens with zero attached hydrogens (tertiary/aromatic N) is 2. The summed E-state index contributed by atoms with van der Waals surface area (Å²) in [6.45, 7) is 1.53. The van der Waals surface area contributed by atoms with Crippen molar-refractivity contribution in [2.75, 3.05) is 12.3 Å². The van der Waals surface area contributed by atoms with E-state index in [0.29, 0.717) is 13.0 Å². The first kappa shape index (κ1) is 11.0. The first-order valence-electron chi connectivity index (χ1n) is 6.15. The lowest BCUT2D eigenvalue weighted by atomic mass is 10.1. The van der Waals surface area contributed by atoms with Gasteiger partial charge in [0.2, 0.25) is 5.91 Å². The highest BCUT2D eigenvalue weighted by Crippen LogP contribution is 2.21. The Morgan fingerprint density at radius 3 is 3.00 bits per heavy atom. The molecule has 2 aromatic rings. The van der Waals surface area contributed by atoms with Crippen molar-refractivity contribution in [3.05, 3.63) is 36.0 Å². The predicted octanol–water partition coefficient (Wildman–Crippen LogP) is 1.94. The zero-order valence-corrected chi connectivity index (χ0v) is 10.1. The summed E-state index contributed by atoms with van der Waals surface area (Å²) in [5, 5.41) is 0.967. The molecule has 1 saturated heterocycles. The molecule has 0 bridgehead atoms. The van der Waals surface area contributed by atoms with Gasteiger partial charge in [-0.15, -0.1) is 0 Å². The normalized spacial score (nSPS) is 15.6. The van der Waals surface area contributed by atoms with Gasteiger partial charge in [0.25, 0.3) is 0 Å². The predicted molar refractivity (Wildman–Crippen MR) is 70.8 cm³/mol. The minimum absolute atomic E-state index is 0.246. The van der Waals surface area contributed by atoms with Crippen molar-refractivity contribution >= 4 is 22.5 Å². The van der Waals surface area contributed by atoms with Crippen LogP contribution in [0.5, 0.6) is 0 Å². The second-order valence-corrected chi connectivity index (χ2v) is 4.67. The van der Waals surface area contributed by atoms with Crippen LogP contribution in [0.1, 0.15) is 18.4 Å². The summed E-state index contributed by atoms with van der Waals surface area (Å²) >= 11 is 0. The number of pyridine rings is 1. The highest BCUT2D eigenvalue weighted by molar-refractivity contribution is 5.90. The van der Waals surface area contributed by atoms with Gasteiger partial charge in [0.05, 0.1) is 5.52 Å². The SMILES string of the molecule is Nc1ccnc2cc(CN3CCCC3=O)ccc12. The van der Waals surface area contributed by atoms with Crippen LogP contribution in [-0.4, -0.2) is 22.3 Å². The fourth-order valence-corrected chi connectivity index (χ4v) is 2.41. The molecule has 4 heteroatoms. The van der Waals surface area contributed by atoms with E-state index in [1.165, 1.54) is 0 Å². The smallest absolute Gasteiger partial charge is 0.222 e. The number of carbonyl (C=O) groups excluding carboxylic acids is 1. The van der Waals surface area contributed by atoms with E-state index in [4.69, 9.17) is 5.73 Å². The summed E-state index contributed by atoms with van der Waals surface area (Å²) in [6.07, 6.45) is 3.36. The van der Waals surface area contributed by atoms with E-state index in [0.717, 1.165) is 35.1 Å². The van der Waals surface area contributed by atoms with E-state index >= 15 is 0 Å². The van der Waals surface area contributed by atoms with Crippen LogP contribution in [0.15, 0.2) is 30.5 Å². The number of rotatable bonds is 2. The second kappa shape index (κ2) is 4.29. The monoisotopic (exact) mass is 241 g/mol. The van der Waals surface area contributed by atoms with Crippen LogP contribution in [0.4, 0.5) is 5.69 Å². The minimum Gasteiger partial charge on any atom is -0.398 e. The van der Waals surface area contributed by atoms with E-state index in [1.54, 1.807) is 12.3 Å². The Balaban J connectivity index is 1.91. The maximum absolute atomic E-state index is 11.6. The molecule has 4 nitrogen and oxygen atoms in total. The van der Waals surface area contributed by atoms with Crippen molar-refractivity contribution < 1.29 is 4.79 Å². The van der Waals surface area contributed by atoms with Crippen molar-refractivity contribution in [2.45, 2.75) is 19.4 Å². The Kier molecular flexibility index (Phi) is 2.63. The fourth-order valence-electron chi connectivity index (χ4n) is 2.41. The van der Waals surface area contributed by atoms with E-state index in [1.807, 2.05) is 23.1 Å². The number of likely N-dealkylation sites (tertiary alicyclic amines) is 1. The molecular formula is C14H15N3O. The van der Waals surface area contributed by atoms with Gasteiger partial charge < -0.3 is 10.6 Å². The van der Waals surface area contributed by atoms with Gasteiger partial charge in [-0.05, 0) is 24.1 Å². The van der Waals surface area contributed by atoms with Crippen LogP contribution in [0.2, 0.25) is 0 Å². The molecule has 1 aromatic carbocycles. The summed E-state index contributed by atoms with van der Waals surface area (Å²) in [7, 11) is 0. The van der Waals surface area contributed by atoms with Crippen LogP contribution in [-0.2, 0) is 11.3 Å². The van der Waals surface area contributed by atoms with Gasteiger partial charge in [0, 0.05) is 36.8 Å². The van der Waals surface area contributed by atoms with Gasteiger partial charge in [0.15, 0.2) is 0 Å². The maximum Gasteiger partial charge on any atom is 0.222 e. The summed E-state index contributed by atoms with van der Waals surface area (Å²) < 4.78 is 0. The number of aromatic nitrogens is 1. The van der Waals surface area contributed by atoms with Gasteiger partial charge in [-0.1, -0.05) is 12.1 Å². The van der Waals surface area contributed by atoms with Crippen molar-refractivity contribution in [3.63, 3.8) is 0 Å². The second-order valence-electron chi connectivity index (χ2n) is 4.67. The van der Waals surface area contributed by atoms with Gasteiger partial charge in [-0.3, -0.25) is 9.78 Å². The molecule has 92 valence electrons. The van der Waals surface area contributed by atoms with E-state index in [9.17, 15) is 4.79 Å². The lowest BCUT2D eigenvalue weighted by Gasteiger charge is -2.15. The molecule has 1 aromatic heterocycles. The number of amides is 1. The zero-order valence-electron chi connectivity index (χ0n) is 10.1. The molecule has 2 heterocycles.